The Kier molecular flexibility index (Phi) is 4.87. The Bertz CT molecular complexity index is 1450. The summed E-state index contributed by atoms with van der Waals surface area (Å²) in [7, 11) is 1.61. The molecule has 0 spiro atoms. The zero-order valence-electron chi connectivity index (χ0n) is 16.4. The van der Waals surface area contributed by atoms with Crippen LogP contribution in [0, 0.1) is 0 Å². The lowest BCUT2D eigenvalue weighted by Gasteiger charge is -2.04. The van der Waals surface area contributed by atoms with Crippen molar-refractivity contribution in [3.05, 3.63) is 87.7 Å². The van der Waals surface area contributed by atoms with E-state index in [9.17, 15) is 4.79 Å². The molecule has 0 N–H and O–H groups in total. The molecule has 5 rings (SSSR count). The third-order valence-electron chi connectivity index (χ3n) is 4.84. The van der Waals surface area contributed by atoms with Crippen molar-refractivity contribution in [2.45, 2.75) is 6.54 Å². The molecule has 0 saturated heterocycles. The molecule has 5 aromatic rings. The highest BCUT2D eigenvalue weighted by Gasteiger charge is 2.14. The normalized spacial score (nSPS) is 11.2. The van der Waals surface area contributed by atoms with Gasteiger partial charge in [0, 0.05) is 28.0 Å². The molecule has 9 heteroatoms. The zero-order chi connectivity index (χ0) is 21.4. The lowest BCUT2D eigenvalue weighted by atomic mass is 10.1. The maximum Gasteiger partial charge on any atom is 0.277 e. The van der Waals surface area contributed by atoms with Crippen LogP contribution in [-0.4, -0.2) is 31.4 Å². The summed E-state index contributed by atoms with van der Waals surface area (Å²) in [6.07, 6.45) is 3.37. The van der Waals surface area contributed by atoms with Crippen LogP contribution >= 0.6 is 15.9 Å². The lowest BCUT2D eigenvalue weighted by Crippen LogP contribution is -2.21. The molecule has 8 nitrogen and oxygen atoms in total. The second-order valence-electron chi connectivity index (χ2n) is 6.81. The van der Waals surface area contributed by atoms with E-state index in [1.165, 1.54) is 4.57 Å². The van der Waals surface area contributed by atoms with Gasteiger partial charge in [-0.1, -0.05) is 45.4 Å². The minimum absolute atomic E-state index is 0.158. The molecule has 0 saturated carbocycles. The van der Waals surface area contributed by atoms with E-state index >= 15 is 0 Å². The number of nitrogens with zero attached hydrogens (tertiary/aromatic N) is 5. The largest absolute Gasteiger partial charge is 0.496 e. The Labute approximate surface area is 184 Å². The highest BCUT2D eigenvalue weighted by Crippen LogP contribution is 2.28. The molecule has 31 heavy (non-hydrogen) atoms. The van der Waals surface area contributed by atoms with Crippen molar-refractivity contribution in [2.24, 2.45) is 0 Å². The van der Waals surface area contributed by atoms with Crippen LogP contribution in [0.5, 0.6) is 5.75 Å². The van der Waals surface area contributed by atoms with Crippen molar-refractivity contribution in [1.29, 1.82) is 0 Å². The smallest absolute Gasteiger partial charge is 0.277 e. The molecule has 0 unspecified atom stereocenters. The van der Waals surface area contributed by atoms with Gasteiger partial charge in [-0.25, -0.2) is 4.52 Å². The first-order valence-corrected chi connectivity index (χ1v) is 10.2. The molecule has 3 heterocycles. The van der Waals surface area contributed by atoms with E-state index in [0.717, 1.165) is 15.6 Å². The summed E-state index contributed by atoms with van der Waals surface area (Å²) in [6, 6.07) is 16.9. The van der Waals surface area contributed by atoms with Gasteiger partial charge in [-0.2, -0.15) is 10.1 Å². The van der Waals surface area contributed by atoms with Crippen LogP contribution < -0.4 is 10.3 Å². The number of rotatable bonds is 5. The van der Waals surface area contributed by atoms with Gasteiger partial charge in [0.05, 0.1) is 12.8 Å². The molecular weight excluding hydrogens is 462 g/mol. The summed E-state index contributed by atoms with van der Waals surface area (Å²) in [5, 5.41) is 8.54. The molecule has 3 aromatic heterocycles. The van der Waals surface area contributed by atoms with Gasteiger partial charge in [0.1, 0.15) is 17.8 Å². The molecule has 2 aromatic carbocycles. The third kappa shape index (κ3) is 3.64. The van der Waals surface area contributed by atoms with E-state index in [2.05, 4.69) is 31.2 Å². The van der Waals surface area contributed by atoms with E-state index in [-0.39, 0.29) is 12.1 Å². The zero-order valence-corrected chi connectivity index (χ0v) is 18.0. The van der Waals surface area contributed by atoms with Gasteiger partial charge in [0.15, 0.2) is 0 Å². The van der Waals surface area contributed by atoms with Gasteiger partial charge in [-0.3, -0.25) is 4.79 Å². The van der Waals surface area contributed by atoms with Crippen LogP contribution in [0.4, 0.5) is 0 Å². The summed E-state index contributed by atoms with van der Waals surface area (Å²) < 4.78 is 14.8. The first-order valence-electron chi connectivity index (χ1n) is 9.43. The molecule has 0 aliphatic carbocycles. The number of fused-ring (bicyclic) bond motifs is 1. The van der Waals surface area contributed by atoms with E-state index in [1.807, 2.05) is 48.5 Å². The number of hydrogen-bond acceptors (Lipinski definition) is 6. The highest BCUT2D eigenvalue weighted by atomic mass is 79.9. The molecule has 0 bridgehead atoms. The fourth-order valence-electron chi connectivity index (χ4n) is 3.35. The summed E-state index contributed by atoms with van der Waals surface area (Å²) in [6.45, 7) is 0.158. The van der Waals surface area contributed by atoms with E-state index in [0.29, 0.717) is 28.7 Å². The molecule has 0 aliphatic heterocycles. The molecule has 0 aliphatic rings. The summed E-state index contributed by atoms with van der Waals surface area (Å²) in [5.41, 5.74) is 2.52. The van der Waals surface area contributed by atoms with Crippen LogP contribution in [0.25, 0.3) is 28.2 Å². The van der Waals surface area contributed by atoms with Crippen molar-refractivity contribution in [3.8, 4) is 28.4 Å². The average Bonchev–Trinajstić information content (AvgIpc) is 3.43. The van der Waals surface area contributed by atoms with E-state index in [1.54, 1.807) is 30.1 Å². The highest BCUT2D eigenvalue weighted by molar-refractivity contribution is 9.10. The fraction of sp³-hybridized carbons (Fsp3) is 0.0909. The monoisotopic (exact) mass is 477 g/mol. The molecule has 0 atom stereocenters. The van der Waals surface area contributed by atoms with Crippen molar-refractivity contribution in [1.82, 2.24) is 24.3 Å². The average molecular weight is 478 g/mol. The minimum atomic E-state index is -0.210. The number of aromatic nitrogens is 5. The third-order valence-corrected chi connectivity index (χ3v) is 5.34. The number of ether oxygens (including phenoxy) is 1. The number of para-hydroxylation sites is 1. The molecular formula is C22H16BrN5O3. The second-order valence-corrected chi connectivity index (χ2v) is 7.73. The standard InChI is InChI=1S/C22H16BrN5O3/c1-30-19-8-3-2-7-16(19)17-12-18-22(29)27(9-10-28(18)25-17)13-20-24-21(26-31-20)14-5-4-6-15(23)11-14/h2-12H,13H2,1H3. The molecule has 0 radical (unpaired) electrons. The van der Waals surface area contributed by atoms with Crippen LogP contribution in [0.1, 0.15) is 5.89 Å². The number of hydrogen-bond donors (Lipinski definition) is 0. The first kappa shape index (κ1) is 19.3. The number of methoxy groups -OCH3 is 1. The van der Waals surface area contributed by atoms with E-state index < -0.39 is 0 Å². The number of halogens is 1. The fourth-order valence-corrected chi connectivity index (χ4v) is 3.75. The molecule has 0 fully saturated rings. The maximum atomic E-state index is 13.0. The minimum Gasteiger partial charge on any atom is -0.496 e. The Morgan fingerprint density at radius 3 is 2.81 bits per heavy atom. The Morgan fingerprint density at radius 1 is 1.10 bits per heavy atom. The summed E-state index contributed by atoms with van der Waals surface area (Å²) in [5.74, 6) is 1.50. The van der Waals surface area contributed by atoms with Gasteiger partial charge in [-0.15, -0.1) is 0 Å². The number of benzene rings is 2. The van der Waals surface area contributed by atoms with Crippen molar-refractivity contribution >= 4 is 21.4 Å². The van der Waals surface area contributed by atoms with Crippen LogP contribution in [-0.2, 0) is 6.54 Å². The summed E-state index contributed by atoms with van der Waals surface area (Å²) in [4.78, 5) is 17.4. The Morgan fingerprint density at radius 2 is 1.97 bits per heavy atom. The quantitative estimate of drug-likeness (QED) is 0.379. The van der Waals surface area contributed by atoms with Crippen molar-refractivity contribution in [2.75, 3.05) is 7.11 Å². The molecule has 0 amide bonds. The first-order chi connectivity index (χ1) is 15.1. The SMILES string of the molecule is COc1ccccc1-c1cc2c(=O)n(Cc3nc(-c4cccc(Br)c4)no3)ccn2n1. The second kappa shape index (κ2) is 7.84. The molecule has 154 valence electrons. The van der Waals surface area contributed by atoms with Gasteiger partial charge >= 0.3 is 0 Å². The van der Waals surface area contributed by atoms with E-state index in [4.69, 9.17) is 9.26 Å². The van der Waals surface area contributed by atoms with Crippen molar-refractivity contribution in [3.63, 3.8) is 0 Å². The lowest BCUT2D eigenvalue weighted by molar-refractivity contribution is 0.370. The Hall–Kier alpha value is -3.72. The predicted octanol–water partition coefficient (Wildman–Crippen LogP) is 4.03. The Balaban J connectivity index is 1.48. The predicted molar refractivity (Wildman–Crippen MR) is 118 cm³/mol. The summed E-state index contributed by atoms with van der Waals surface area (Å²) >= 11 is 3.43. The van der Waals surface area contributed by atoms with Crippen molar-refractivity contribution < 1.29 is 9.26 Å². The van der Waals surface area contributed by atoms with Crippen LogP contribution in [0.3, 0.4) is 0 Å². The van der Waals surface area contributed by atoms with Crippen LogP contribution in [0.2, 0.25) is 0 Å². The van der Waals surface area contributed by atoms with Gasteiger partial charge in [0.25, 0.3) is 5.56 Å². The van der Waals surface area contributed by atoms with Gasteiger partial charge in [0.2, 0.25) is 11.7 Å². The maximum absolute atomic E-state index is 13.0. The topological polar surface area (TPSA) is 87.5 Å². The van der Waals surface area contributed by atoms with Gasteiger partial charge < -0.3 is 13.8 Å². The van der Waals surface area contributed by atoms with Gasteiger partial charge in [-0.05, 0) is 30.3 Å². The van der Waals surface area contributed by atoms with Crippen LogP contribution in [0.15, 0.2) is 80.8 Å².